The van der Waals surface area contributed by atoms with Crippen molar-refractivity contribution < 1.29 is 18.4 Å². The van der Waals surface area contributed by atoms with E-state index in [-0.39, 0.29) is 11.6 Å². The summed E-state index contributed by atoms with van der Waals surface area (Å²) in [5.41, 5.74) is 1.97. The molecule has 23 heavy (non-hydrogen) atoms. The Kier molecular flexibility index (Phi) is 3.82. The van der Waals surface area contributed by atoms with Gasteiger partial charge >= 0.3 is 0 Å². The Morgan fingerprint density at radius 2 is 1.91 bits per heavy atom. The number of anilines is 2. The fraction of sp³-hybridized carbons (Fsp3) is 0.176. The molecule has 4 nitrogen and oxygen atoms in total. The van der Waals surface area contributed by atoms with Crippen LogP contribution in [0, 0.1) is 11.6 Å². The Morgan fingerprint density at radius 3 is 2.61 bits per heavy atom. The van der Waals surface area contributed by atoms with Gasteiger partial charge in [0.25, 0.3) is 5.91 Å². The molecule has 0 fully saturated rings. The minimum Gasteiger partial charge on any atom is -0.319 e. The van der Waals surface area contributed by atoms with Gasteiger partial charge in [-0.15, -0.1) is 0 Å². The van der Waals surface area contributed by atoms with Crippen molar-refractivity contribution in [2.45, 2.75) is 13.3 Å². The molecule has 0 atom stereocenters. The van der Waals surface area contributed by atoms with Crippen LogP contribution in [0.15, 0.2) is 36.4 Å². The number of hydrogen-bond acceptors (Lipinski definition) is 2. The molecule has 2 aromatic rings. The number of benzene rings is 2. The third-order valence-corrected chi connectivity index (χ3v) is 3.80. The monoisotopic (exact) mass is 316 g/mol. The number of carbonyl (C=O) groups is 2. The Bertz CT molecular complexity index is 805. The number of nitrogens with one attached hydrogen (secondary N) is 1. The average Bonchev–Trinajstić information content (AvgIpc) is 2.93. The Morgan fingerprint density at radius 1 is 1.13 bits per heavy atom. The number of rotatable bonds is 2. The average molecular weight is 316 g/mol. The summed E-state index contributed by atoms with van der Waals surface area (Å²) < 4.78 is 26.5. The van der Waals surface area contributed by atoms with Crippen LogP contribution in [0.2, 0.25) is 0 Å². The van der Waals surface area contributed by atoms with Crippen molar-refractivity contribution in [3.8, 4) is 0 Å². The first-order chi connectivity index (χ1) is 11.0. The third-order valence-electron chi connectivity index (χ3n) is 3.80. The topological polar surface area (TPSA) is 49.4 Å². The smallest absolute Gasteiger partial charge is 0.255 e. The van der Waals surface area contributed by atoms with Crippen molar-refractivity contribution in [3.05, 3.63) is 59.2 Å². The van der Waals surface area contributed by atoms with Crippen molar-refractivity contribution in [2.75, 3.05) is 16.8 Å². The second kappa shape index (κ2) is 5.79. The summed E-state index contributed by atoms with van der Waals surface area (Å²) >= 11 is 0. The molecule has 0 aliphatic carbocycles. The largest absolute Gasteiger partial charge is 0.319 e. The van der Waals surface area contributed by atoms with Gasteiger partial charge in [-0.25, -0.2) is 8.78 Å². The zero-order valence-electron chi connectivity index (χ0n) is 12.4. The van der Waals surface area contributed by atoms with Crippen LogP contribution < -0.4 is 10.2 Å². The van der Waals surface area contributed by atoms with E-state index in [0.29, 0.717) is 24.6 Å². The molecule has 2 aromatic carbocycles. The molecule has 1 aliphatic rings. The number of carbonyl (C=O) groups excluding carboxylic acids is 2. The summed E-state index contributed by atoms with van der Waals surface area (Å²) in [6.07, 6.45) is 0.668. The van der Waals surface area contributed by atoms with Crippen LogP contribution in [-0.4, -0.2) is 18.4 Å². The summed E-state index contributed by atoms with van der Waals surface area (Å²) in [7, 11) is 0. The summed E-state index contributed by atoms with van der Waals surface area (Å²) in [5.74, 6) is -2.07. The van der Waals surface area contributed by atoms with Gasteiger partial charge in [0, 0.05) is 30.8 Å². The van der Waals surface area contributed by atoms with E-state index in [1.165, 1.54) is 13.0 Å². The molecule has 6 heteroatoms. The van der Waals surface area contributed by atoms with Crippen LogP contribution in [0.3, 0.4) is 0 Å². The molecule has 3 rings (SSSR count). The van der Waals surface area contributed by atoms with E-state index >= 15 is 0 Å². The lowest BCUT2D eigenvalue weighted by atomic mass is 10.1. The van der Waals surface area contributed by atoms with Gasteiger partial charge < -0.3 is 10.2 Å². The minimum atomic E-state index is -0.831. The van der Waals surface area contributed by atoms with E-state index in [0.717, 1.165) is 17.3 Å². The summed E-state index contributed by atoms with van der Waals surface area (Å²) in [5, 5.41) is 2.42. The lowest BCUT2D eigenvalue weighted by Gasteiger charge is -2.14. The van der Waals surface area contributed by atoms with Crippen molar-refractivity contribution in [2.24, 2.45) is 0 Å². The fourth-order valence-corrected chi connectivity index (χ4v) is 2.66. The highest BCUT2D eigenvalue weighted by Crippen LogP contribution is 2.29. The van der Waals surface area contributed by atoms with Gasteiger partial charge in [0.1, 0.15) is 11.6 Å². The minimum absolute atomic E-state index is 0.0469. The van der Waals surface area contributed by atoms with Gasteiger partial charge in [-0.1, -0.05) is 0 Å². The molecule has 1 aliphatic heterocycles. The molecule has 118 valence electrons. The SMILES string of the molecule is CC(=O)N1CCc2cc(C(=O)Nc3ccc(F)cc3F)ccc21. The zero-order chi connectivity index (χ0) is 16.6. The van der Waals surface area contributed by atoms with Gasteiger partial charge in [0.15, 0.2) is 0 Å². The van der Waals surface area contributed by atoms with Crippen molar-refractivity contribution >= 4 is 23.2 Å². The molecular weight excluding hydrogens is 302 g/mol. The highest BCUT2D eigenvalue weighted by atomic mass is 19.1. The lowest BCUT2D eigenvalue weighted by molar-refractivity contribution is -0.116. The Balaban J connectivity index is 1.82. The zero-order valence-corrected chi connectivity index (χ0v) is 12.4. The molecule has 0 unspecified atom stereocenters. The first-order valence-electron chi connectivity index (χ1n) is 7.13. The molecule has 1 N–H and O–H groups in total. The van der Waals surface area contributed by atoms with E-state index in [2.05, 4.69) is 5.32 Å². The van der Waals surface area contributed by atoms with Gasteiger partial charge in [0.2, 0.25) is 5.91 Å². The molecule has 0 saturated heterocycles. The second-order valence-electron chi connectivity index (χ2n) is 5.34. The van der Waals surface area contributed by atoms with Crippen LogP contribution in [0.1, 0.15) is 22.8 Å². The Labute approximate surface area is 131 Å². The van der Waals surface area contributed by atoms with Crippen molar-refractivity contribution in [1.29, 1.82) is 0 Å². The van der Waals surface area contributed by atoms with E-state index in [9.17, 15) is 18.4 Å². The lowest BCUT2D eigenvalue weighted by Crippen LogP contribution is -2.25. The van der Waals surface area contributed by atoms with Crippen molar-refractivity contribution in [3.63, 3.8) is 0 Å². The first-order valence-corrected chi connectivity index (χ1v) is 7.13. The number of nitrogens with zero attached hydrogens (tertiary/aromatic N) is 1. The van der Waals surface area contributed by atoms with E-state index < -0.39 is 17.5 Å². The van der Waals surface area contributed by atoms with Crippen LogP contribution in [0.25, 0.3) is 0 Å². The first kappa shape index (κ1) is 15.1. The number of halogens is 2. The molecule has 2 amide bonds. The summed E-state index contributed by atoms with van der Waals surface area (Å²) in [6.45, 7) is 2.08. The van der Waals surface area contributed by atoms with Crippen LogP contribution in [-0.2, 0) is 11.2 Å². The maximum Gasteiger partial charge on any atom is 0.255 e. The molecule has 0 aromatic heterocycles. The van der Waals surface area contributed by atoms with E-state index in [1.807, 2.05) is 0 Å². The van der Waals surface area contributed by atoms with Crippen LogP contribution in [0.5, 0.6) is 0 Å². The number of hydrogen-bond donors (Lipinski definition) is 1. The van der Waals surface area contributed by atoms with Gasteiger partial charge in [-0.3, -0.25) is 9.59 Å². The van der Waals surface area contributed by atoms with E-state index in [4.69, 9.17) is 0 Å². The predicted molar refractivity (Wildman–Crippen MR) is 82.5 cm³/mol. The third kappa shape index (κ3) is 2.92. The maximum atomic E-state index is 13.6. The van der Waals surface area contributed by atoms with Gasteiger partial charge in [-0.2, -0.15) is 0 Å². The maximum absolute atomic E-state index is 13.6. The van der Waals surface area contributed by atoms with E-state index in [1.54, 1.807) is 23.1 Å². The number of amides is 2. The quantitative estimate of drug-likeness (QED) is 0.925. The normalized spacial score (nSPS) is 12.9. The highest BCUT2D eigenvalue weighted by molar-refractivity contribution is 6.05. The molecule has 0 radical (unpaired) electrons. The predicted octanol–water partition coefficient (Wildman–Crippen LogP) is 3.13. The van der Waals surface area contributed by atoms with Crippen LogP contribution in [0.4, 0.5) is 20.2 Å². The highest BCUT2D eigenvalue weighted by Gasteiger charge is 2.23. The molecule has 0 saturated carbocycles. The fourth-order valence-electron chi connectivity index (χ4n) is 2.66. The van der Waals surface area contributed by atoms with Crippen molar-refractivity contribution in [1.82, 2.24) is 0 Å². The molecule has 1 heterocycles. The molecule has 0 spiro atoms. The summed E-state index contributed by atoms with van der Waals surface area (Å²) in [4.78, 5) is 25.4. The molecular formula is C17H14F2N2O2. The van der Waals surface area contributed by atoms with Crippen LogP contribution >= 0.6 is 0 Å². The second-order valence-corrected chi connectivity index (χ2v) is 5.34. The standard InChI is InChI=1S/C17H14F2N2O2/c1-10(22)21-7-6-11-8-12(2-5-16(11)21)17(23)20-15-4-3-13(18)9-14(15)19/h2-5,8-9H,6-7H2,1H3,(H,20,23). The van der Waals surface area contributed by atoms with Gasteiger partial charge in [0.05, 0.1) is 5.69 Å². The molecule has 0 bridgehead atoms. The summed E-state index contributed by atoms with van der Waals surface area (Å²) in [6, 6.07) is 7.94. The number of fused-ring (bicyclic) bond motifs is 1. The van der Waals surface area contributed by atoms with Gasteiger partial charge in [-0.05, 0) is 42.3 Å². The Hall–Kier alpha value is -2.76.